The minimum Gasteiger partial charge on any atom is -0.467 e. The van der Waals surface area contributed by atoms with Crippen molar-refractivity contribution in [3.63, 3.8) is 0 Å². The lowest BCUT2D eigenvalue weighted by Crippen LogP contribution is -2.04. The van der Waals surface area contributed by atoms with Crippen molar-refractivity contribution < 1.29 is 4.42 Å². The molecule has 0 aliphatic rings. The summed E-state index contributed by atoms with van der Waals surface area (Å²) >= 11 is 1.46. The summed E-state index contributed by atoms with van der Waals surface area (Å²) < 4.78 is 7.52. The standard InChI is InChI=1S/C19H18N6OS/c1-3-14-11-17(22-13(2)21-14)27-19-24-23-18(16-8-4-5-9-20-16)25(19)12-15-7-6-10-26-15/h4-11H,3,12H2,1-2H3. The van der Waals surface area contributed by atoms with Crippen LogP contribution in [0, 0.1) is 6.92 Å². The van der Waals surface area contributed by atoms with E-state index in [-0.39, 0.29) is 0 Å². The Balaban J connectivity index is 1.74. The highest BCUT2D eigenvalue weighted by atomic mass is 32.2. The molecule has 0 saturated carbocycles. The fourth-order valence-corrected chi connectivity index (χ4v) is 3.58. The van der Waals surface area contributed by atoms with Crippen molar-refractivity contribution in [2.24, 2.45) is 0 Å². The molecular formula is C19H18N6OS. The van der Waals surface area contributed by atoms with Gasteiger partial charge in [-0.3, -0.25) is 9.55 Å². The summed E-state index contributed by atoms with van der Waals surface area (Å²) in [5.41, 5.74) is 1.77. The quantitative estimate of drug-likeness (QED) is 0.472. The molecule has 136 valence electrons. The third kappa shape index (κ3) is 3.90. The fraction of sp³-hybridized carbons (Fsp3) is 0.211. The molecule has 27 heavy (non-hydrogen) atoms. The van der Waals surface area contributed by atoms with E-state index in [1.54, 1.807) is 12.5 Å². The molecule has 8 heteroatoms. The Morgan fingerprint density at radius 3 is 2.78 bits per heavy atom. The summed E-state index contributed by atoms with van der Waals surface area (Å²) in [6.07, 6.45) is 4.26. The van der Waals surface area contributed by atoms with E-state index in [4.69, 9.17) is 4.42 Å². The molecule has 0 aromatic carbocycles. The Morgan fingerprint density at radius 2 is 2.04 bits per heavy atom. The van der Waals surface area contributed by atoms with Gasteiger partial charge in [-0.1, -0.05) is 13.0 Å². The molecule has 0 aliphatic carbocycles. The lowest BCUT2D eigenvalue weighted by molar-refractivity contribution is 0.485. The Morgan fingerprint density at radius 1 is 1.11 bits per heavy atom. The largest absolute Gasteiger partial charge is 0.467 e. The van der Waals surface area contributed by atoms with E-state index < -0.39 is 0 Å². The van der Waals surface area contributed by atoms with Gasteiger partial charge in [-0.15, -0.1) is 10.2 Å². The van der Waals surface area contributed by atoms with Gasteiger partial charge in [-0.2, -0.15) is 0 Å². The lowest BCUT2D eigenvalue weighted by Gasteiger charge is -2.09. The summed E-state index contributed by atoms with van der Waals surface area (Å²) in [4.78, 5) is 13.4. The maximum Gasteiger partial charge on any atom is 0.198 e. The van der Waals surface area contributed by atoms with E-state index in [0.717, 1.165) is 39.6 Å². The summed E-state index contributed by atoms with van der Waals surface area (Å²) in [7, 11) is 0. The van der Waals surface area contributed by atoms with Gasteiger partial charge in [-0.05, 0) is 55.4 Å². The first-order chi connectivity index (χ1) is 13.2. The van der Waals surface area contributed by atoms with E-state index in [1.807, 2.05) is 47.9 Å². The Labute approximate surface area is 160 Å². The van der Waals surface area contributed by atoms with Gasteiger partial charge in [0.2, 0.25) is 0 Å². The highest BCUT2D eigenvalue weighted by Gasteiger charge is 2.18. The topological polar surface area (TPSA) is 82.5 Å². The Bertz CT molecular complexity index is 1030. The average Bonchev–Trinajstić information content (AvgIpc) is 3.33. The maximum atomic E-state index is 5.53. The molecule has 0 N–H and O–H groups in total. The van der Waals surface area contributed by atoms with E-state index >= 15 is 0 Å². The summed E-state index contributed by atoms with van der Waals surface area (Å²) in [5.74, 6) is 2.26. The van der Waals surface area contributed by atoms with Crippen molar-refractivity contribution in [3.05, 3.63) is 66.1 Å². The number of aryl methyl sites for hydroxylation is 2. The number of nitrogens with zero attached hydrogens (tertiary/aromatic N) is 6. The second-order valence-electron chi connectivity index (χ2n) is 5.89. The number of hydrogen-bond acceptors (Lipinski definition) is 7. The predicted molar refractivity (Wildman–Crippen MR) is 101 cm³/mol. The molecule has 7 nitrogen and oxygen atoms in total. The molecule has 0 amide bonds. The van der Waals surface area contributed by atoms with Crippen LogP contribution < -0.4 is 0 Å². The van der Waals surface area contributed by atoms with E-state index in [1.165, 1.54) is 11.8 Å². The maximum absolute atomic E-state index is 5.53. The van der Waals surface area contributed by atoms with Crippen LogP contribution in [0.4, 0.5) is 0 Å². The molecule has 4 heterocycles. The number of furan rings is 1. The fourth-order valence-electron chi connectivity index (χ4n) is 2.68. The molecule has 0 saturated heterocycles. The van der Waals surface area contributed by atoms with Crippen molar-refractivity contribution in [3.8, 4) is 11.5 Å². The highest BCUT2D eigenvalue weighted by Crippen LogP contribution is 2.29. The van der Waals surface area contributed by atoms with Gasteiger partial charge in [0.1, 0.15) is 22.3 Å². The first kappa shape index (κ1) is 17.4. The third-order valence-electron chi connectivity index (χ3n) is 3.93. The second-order valence-corrected chi connectivity index (χ2v) is 6.87. The van der Waals surface area contributed by atoms with Crippen LogP contribution in [-0.4, -0.2) is 29.7 Å². The first-order valence-corrected chi connectivity index (χ1v) is 9.44. The molecule has 0 unspecified atom stereocenters. The normalized spacial score (nSPS) is 11.0. The SMILES string of the molecule is CCc1cc(Sc2nnc(-c3ccccn3)n2Cc2ccco2)nc(C)n1. The van der Waals surface area contributed by atoms with E-state index in [2.05, 4.69) is 32.1 Å². The first-order valence-electron chi connectivity index (χ1n) is 8.62. The van der Waals surface area contributed by atoms with Gasteiger partial charge in [0, 0.05) is 11.9 Å². The summed E-state index contributed by atoms with van der Waals surface area (Å²) in [6, 6.07) is 11.5. The van der Waals surface area contributed by atoms with Gasteiger partial charge in [0.25, 0.3) is 0 Å². The van der Waals surface area contributed by atoms with Gasteiger partial charge >= 0.3 is 0 Å². The lowest BCUT2D eigenvalue weighted by atomic mass is 10.3. The zero-order chi connectivity index (χ0) is 18.6. The van der Waals surface area contributed by atoms with Gasteiger partial charge in [-0.25, -0.2) is 9.97 Å². The molecule has 4 aromatic rings. The Kier molecular flexibility index (Phi) is 4.97. The molecule has 0 atom stereocenters. The van der Waals surface area contributed by atoms with Crippen LogP contribution in [0.2, 0.25) is 0 Å². The molecule has 0 spiro atoms. The minimum absolute atomic E-state index is 0.513. The van der Waals surface area contributed by atoms with Gasteiger partial charge in [0.15, 0.2) is 11.0 Å². The van der Waals surface area contributed by atoms with Crippen LogP contribution >= 0.6 is 11.8 Å². The second kappa shape index (κ2) is 7.71. The molecule has 4 rings (SSSR count). The number of hydrogen-bond donors (Lipinski definition) is 0. The van der Waals surface area contributed by atoms with Gasteiger partial charge in [0.05, 0.1) is 12.8 Å². The van der Waals surface area contributed by atoms with Crippen LogP contribution in [-0.2, 0) is 13.0 Å². The predicted octanol–water partition coefficient (Wildman–Crippen LogP) is 3.79. The monoisotopic (exact) mass is 378 g/mol. The molecule has 0 aliphatic heterocycles. The van der Waals surface area contributed by atoms with Gasteiger partial charge < -0.3 is 4.42 Å². The molecule has 0 bridgehead atoms. The molecular weight excluding hydrogens is 360 g/mol. The third-order valence-corrected chi connectivity index (χ3v) is 4.83. The van der Waals surface area contributed by atoms with Crippen LogP contribution in [0.3, 0.4) is 0 Å². The van der Waals surface area contributed by atoms with E-state index in [0.29, 0.717) is 12.4 Å². The van der Waals surface area contributed by atoms with Crippen molar-refractivity contribution in [1.29, 1.82) is 0 Å². The average molecular weight is 378 g/mol. The number of aromatic nitrogens is 6. The van der Waals surface area contributed by atoms with Crippen LogP contribution in [0.1, 0.15) is 24.2 Å². The Hall–Kier alpha value is -3.00. The summed E-state index contributed by atoms with van der Waals surface area (Å²) in [5, 5.41) is 10.3. The highest BCUT2D eigenvalue weighted by molar-refractivity contribution is 7.99. The zero-order valence-corrected chi connectivity index (χ0v) is 15.8. The molecule has 4 aromatic heterocycles. The molecule has 0 radical (unpaired) electrons. The van der Waals surface area contributed by atoms with Crippen molar-refractivity contribution in [2.45, 2.75) is 37.0 Å². The number of rotatable bonds is 6. The van der Waals surface area contributed by atoms with Crippen LogP contribution in [0.15, 0.2) is 63.5 Å². The number of pyridine rings is 1. The van der Waals surface area contributed by atoms with Crippen molar-refractivity contribution in [1.82, 2.24) is 29.7 Å². The minimum atomic E-state index is 0.513. The van der Waals surface area contributed by atoms with E-state index in [9.17, 15) is 0 Å². The summed E-state index contributed by atoms with van der Waals surface area (Å²) in [6.45, 7) is 4.49. The van der Waals surface area contributed by atoms with Crippen LogP contribution in [0.5, 0.6) is 0 Å². The van der Waals surface area contributed by atoms with Crippen molar-refractivity contribution >= 4 is 11.8 Å². The van der Waals surface area contributed by atoms with Crippen molar-refractivity contribution in [2.75, 3.05) is 0 Å². The molecule has 0 fully saturated rings. The zero-order valence-electron chi connectivity index (χ0n) is 15.0. The van der Waals surface area contributed by atoms with Crippen LogP contribution in [0.25, 0.3) is 11.5 Å². The smallest absolute Gasteiger partial charge is 0.198 e.